The predicted molar refractivity (Wildman–Crippen MR) is 123 cm³/mol. The van der Waals surface area contributed by atoms with Gasteiger partial charge in [-0.3, -0.25) is 10.00 Å². The molecule has 2 aromatic heterocycles. The van der Waals surface area contributed by atoms with Gasteiger partial charge in [-0.2, -0.15) is 18.2 Å². The molecular weight excluding hydrogens is 479 g/mol. The van der Waals surface area contributed by atoms with Crippen LogP contribution in [0.5, 0.6) is 11.6 Å². The lowest BCUT2D eigenvalue weighted by Gasteiger charge is -2.08. The van der Waals surface area contributed by atoms with Crippen LogP contribution >= 0.6 is 0 Å². The number of anilines is 1. The number of aromatic nitrogens is 4. The van der Waals surface area contributed by atoms with Crippen molar-refractivity contribution in [2.45, 2.75) is 19.1 Å². The highest BCUT2D eigenvalue weighted by atomic mass is 19.4. The number of halogens is 3. The van der Waals surface area contributed by atoms with Gasteiger partial charge in [0.1, 0.15) is 5.75 Å². The molecule has 0 fully saturated rings. The first-order chi connectivity index (χ1) is 17.3. The van der Waals surface area contributed by atoms with Crippen LogP contribution in [0.15, 0.2) is 71.6 Å². The molecule has 0 aliphatic carbocycles. The second kappa shape index (κ2) is 11.2. The van der Waals surface area contributed by atoms with Crippen molar-refractivity contribution in [1.82, 2.24) is 20.0 Å². The molecule has 0 unspecified atom stereocenters. The van der Waals surface area contributed by atoms with Gasteiger partial charge in [-0.25, -0.2) is 4.79 Å². The number of aryl methyl sites for hydroxylation is 1. The summed E-state index contributed by atoms with van der Waals surface area (Å²) in [6, 6.07) is 11.4. The summed E-state index contributed by atoms with van der Waals surface area (Å²) in [5.41, 5.74) is 0.268. The Morgan fingerprint density at radius 2 is 1.86 bits per heavy atom. The van der Waals surface area contributed by atoms with E-state index in [2.05, 4.69) is 20.6 Å². The molecule has 2 aromatic carbocycles. The Morgan fingerprint density at radius 1 is 1.08 bits per heavy atom. The predicted octanol–water partition coefficient (Wildman–Crippen LogP) is 5.54. The number of hydrogen-bond acceptors (Lipinski definition) is 7. The maximum absolute atomic E-state index is 12.6. The number of benzene rings is 2. The van der Waals surface area contributed by atoms with Gasteiger partial charge < -0.3 is 13.9 Å². The van der Waals surface area contributed by atoms with Gasteiger partial charge in [0.25, 0.3) is 5.88 Å². The fraction of sp³-hybridized carbons (Fsp3) is 0.167. The third kappa shape index (κ3) is 7.19. The smallest absolute Gasteiger partial charge is 0.418 e. The van der Waals surface area contributed by atoms with E-state index in [9.17, 15) is 18.0 Å². The summed E-state index contributed by atoms with van der Waals surface area (Å²) in [5, 5.41) is 10.2. The third-order valence-corrected chi connectivity index (χ3v) is 4.73. The molecule has 0 atom stereocenters. The number of hydrogen-bond donors (Lipinski definition) is 1. The number of rotatable bonds is 9. The minimum absolute atomic E-state index is 0.0769. The van der Waals surface area contributed by atoms with E-state index in [0.29, 0.717) is 30.2 Å². The van der Waals surface area contributed by atoms with Crippen LogP contribution < -0.4 is 14.8 Å². The molecule has 4 rings (SSSR count). The number of alkyl halides is 3. The second-order valence-corrected chi connectivity index (χ2v) is 7.38. The van der Waals surface area contributed by atoms with E-state index >= 15 is 0 Å². The summed E-state index contributed by atoms with van der Waals surface area (Å²) in [4.78, 5) is 16.1. The van der Waals surface area contributed by atoms with E-state index in [-0.39, 0.29) is 11.8 Å². The zero-order valence-corrected chi connectivity index (χ0v) is 18.7. The third-order valence-electron chi connectivity index (χ3n) is 4.73. The van der Waals surface area contributed by atoms with Crippen molar-refractivity contribution in [1.29, 1.82) is 0 Å². The molecule has 0 bridgehead atoms. The monoisotopic (exact) mass is 499 g/mol. The molecule has 0 saturated carbocycles. The van der Waals surface area contributed by atoms with Crippen LogP contribution in [0.25, 0.3) is 12.2 Å². The summed E-state index contributed by atoms with van der Waals surface area (Å²) < 4.78 is 55.5. The van der Waals surface area contributed by atoms with Crippen molar-refractivity contribution in [3.05, 3.63) is 84.2 Å². The highest BCUT2D eigenvalue weighted by Crippen LogP contribution is 2.29. The number of nitrogens with one attached hydrogen (secondary N) is 1. The number of amides is 1. The molecule has 1 N–H and O–H groups in total. The van der Waals surface area contributed by atoms with Gasteiger partial charge in [0.05, 0.1) is 18.4 Å². The summed E-state index contributed by atoms with van der Waals surface area (Å²) >= 11 is 0. The van der Waals surface area contributed by atoms with Crippen LogP contribution in [0.4, 0.5) is 23.7 Å². The Balaban J connectivity index is 1.22. The molecule has 9 nitrogen and oxygen atoms in total. The van der Waals surface area contributed by atoms with Crippen molar-refractivity contribution in [3.63, 3.8) is 0 Å². The molecule has 0 radical (unpaired) electrons. The van der Waals surface area contributed by atoms with Crippen LogP contribution in [0.3, 0.4) is 0 Å². The first kappa shape index (κ1) is 24.5. The first-order valence-electron chi connectivity index (χ1n) is 10.7. The van der Waals surface area contributed by atoms with Crippen LogP contribution in [-0.2, 0) is 12.7 Å². The van der Waals surface area contributed by atoms with Crippen molar-refractivity contribution >= 4 is 23.9 Å². The van der Waals surface area contributed by atoms with E-state index in [4.69, 9.17) is 13.9 Å². The quantitative estimate of drug-likeness (QED) is 0.302. The lowest BCUT2D eigenvalue weighted by Crippen LogP contribution is -2.16. The van der Waals surface area contributed by atoms with Gasteiger partial charge >= 0.3 is 12.3 Å². The lowest BCUT2D eigenvalue weighted by atomic mass is 10.1. The van der Waals surface area contributed by atoms with Gasteiger partial charge in [-0.15, -0.1) is 5.10 Å². The molecule has 12 heteroatoms. The standard InChI is InChI=1S/C24H20F3N5O4/c25-24(26,27)18-5-2-17(3-6-18)4-11-21-30-22(16-35-21)36-23(33)29-19-7-9-20(10-8-19)34-15-1-13-32-14-12-28-31-32/h2-12,14,16H,1,13,15H2,(H,29,33). The number of oxazole rings is 1. The van der Waals surface area contributed by atoms with E-state index in [0.717, 1.165) is 24.8 Å². The van der Waals surface area contributed by atoms with E-state index < -0.39 is 17.8 Å². The van der Waals surface area contributed by atoms with Gasteiger partial charge in [0.2, 0.25) is 5.89 Å². The SMILES string of the molecule is O=C(Nc1ccc(OCCCn2ccnn2)cc1)Oc1coc(C=Cc2ccc(C(F)(F)F)cc2)n1. The van der Waals surface area contributed by atoms with E-state index in [1.54, 1.807) is 41.3 Å². The minimum atomic E-state index is -4.40. The summed E-state index contributed by atoms with van der Waals surface area (Å²) in [6.07, 6.45) is 3.08. The Kier molecular flexibility index (Phi) is 7.63. The maximum Gasteiger partial charge on any atom is 0.418 e. The highest BCUT2D eigenvalue weighted by molar-refractivity contribution is 5.86. The Bertz CT molecular complexity index is 1280. The molecule has 0 saturated heterocycles. The zero-order chi connectivity index (χ0) is 25.4. The number of carbonyl (C=O) groups excluding carboxylic acids is 1. The normalized spacial score (nSPS) is 11.5. The van der Waals surface area contributed by atoms with E-state index in [1.807, 2.05) is 0 Å². The highest BCUT2D eigenvalue weighted by Gasteiger charge is 2.29. The number of ether oxygens (including phenoxy) is 2. The summed E-state index contributed by atoms with van der Waals surface area (Å²) in [6.45, 7) is 1.19. The topological polar surface area (TPSA) is 104 Å². The molecule has 4 aromatic rings. The Morgan fingerprint density at radius 3 is 2.56 bits per heavy atom. The molecule has 0 aliphatic heterocycles. The molecule has 0 spiro atoms. The van der Waals surface area contributed by atoms with Crippen LogP contribution in [0.2, 0.25) is 0 Å². The van der Waals surface area contributed by atoms with Gasteiger partial charge in [-0.05, 0) is 48.0 Å². The molecule has 2 heterocycles. The number of carbonyl (C=O) groups is 1. The maximum atomic E-state index is 12.6. The molecule has 0 aliphatic rings. The fourth-order valence-corrected chi connectivity index (χ4v) is 2.99. The number of nitrogens with zero attached hydrogens (tertiary/aromatic N) is 4. The van der Waals surface area contributed by atoms with Crippen molar-refractivity contribution in [3.8, 4) is 11.6 Å². The first-order valence-corrected chi connectivity index (χ1v) is 10.7. The van der Waals surface area contributed by atoms with Crippen LogP contribution in [0.1, 0.15) is 23.4 Å². The van der Waals surface area contributed by atoms with Gasteiger partial charge in [-0.1, -0.05) is 17.3 Å². The summed E-state index contributed by atoms with van der Waals surface area (Å²) in [7, 11) is 0. The molecule has 36 heavy (non-hydrogen) atoms. The molecule has 186 valence electrons. The Hall–Kier alpha value is -4.61. The minimum Gasteiger partial charge on any atom is -0.494 e. The van der Waals surface area contributed by atoms with E-state index in [1.165, 1.54) is 24.3 Å². The van der Waals surface area contributed by atoms with Gasteiger partial charge in [0, 0.05) is 30.9 Å². The van der Waals surface area contributed by atoms with Gasteiger partial charge in [0.15, 0.2) is 6.26 Å². The average molecular weight is 499 g/mol. The second-order valence-electron chi connectivity index (χ2n) is 7.38. The summed E-state index contributed by atoms with van der Waals surface area (Å²) in [5.74, 6) is 0.684. The van der Waals surface area contributed by atoms with Crippen molar-refractivity contribution in [2.75, 3.05) is 11.9 Å². The van der Waals surface area contributed by atoms with Crippen LogP contribution in [-0.4, -0.2) is 32.7 Å². The molecular formula is C24H20F3N5O4. The van der Waals surface area contributed by atoms with Crippen molar-refractivity contribution < 1.29 is 31.9 Å². The Labute approximate surface area is 203 Å². The largest absolute Gasteiger partial charge is 0.494 e. The van der Waals surface area contributed by atoms with Crippen molar-refractivity contribution in [2.24, 2.45) is 0 Å². The fourth-order valence-electron chi connectivity index (χ4n) is 2.99. The average Bonchev–Trinajstić information content (AvgIpc) is 3.53. The lowest BCUT2D eigenvalue weighted by molar-refractivity contribution is -0.137. The van der Waals surface area contributed by atoms with Crippen LogP contribution in [0, 0.1) is 0 Å². The molecule has 1 amide bonds. The zero-order valence-electron chi connectivity index (χ0n) is 18.7.